The molecule has 3 rings (SSSR count). The van der Waals surface area contributed by atoms with Crippen molar-refractivity contribution in [1.29, 1.82) is 0 Å². The number of hydrogen-bond acceptors (Lipinski definition) is 5. The van der Waals surface area contributed by atoms with Gasteiger partial charge in [-0.05, 0) is 52.0 Å². The fourth-order valence-corrected chi connectivity index (χ4v) is 4.15. The summed E-state index contributed by atoms with van der Waals surface area (Å²) in [6, 6.07) is 10.3. The molecule has 2 amide bonds. The lowest BCUT2D eigenvalue weighted by molar-refractivity contribution is 0.0503. The van der Waals surface area contributed by atoms with Crippen LogP contribution in [0.15, 0.2) is 30.3 Å². The minimum atomic E-state index is -0.484. The zero-order chi connectivity index (χ0) is 21.6. The molecule has 0 saturated carbocycles. The van der Waals surface area contributed by atoms with E-state index in [4.69, 9.17) is 9.47 Å². The molecule has 7 nitrogen and oxygen atoms in total. The third-order valence-corrected chi connectivity index (χ3v) is 5.62. The van der Waals surface area contributed by atoms with Crippen LogP contribution in [0.4, 0.5) is 9.59 Å². The molecule has 2 heterocycles. The molecule has 2 atom stereocenters. The second kappa shape index (κ2) is 10.2. The van der Waals surface area contributed by atoms with Crippen LogP contribution in [0.5, 0.6) is 0 Å². The summed E-state index contributed by atoms with van der Waals surface area (Å²) in [6.07, 6.45) is 3.30. The highest BCUT2D eigenvalue weighted by Gasteiger charge is 2.32. The Balaban J connectivity index is 1.41. The zero-order valence-corrected chi connectivity index (χ0v) is 18.4. The van der Waals surface area contributed by atoms with Crippen molar-refractivity contribution >= 4 is 12.2 Å². The SMILES string of the molecule is CC(C)(C)OC(=O)N[C@@H]1CCN([C@@H]2CCCN(C(=O)OCc3ccccc3)CC2)C1. The van der Waals surface area contributed by atoms with Crippen LogP contribution < -0.4 is 5.32 Å². The maximum absolute atomic E-state index is 12.5. The first-order valence-corrected chi connectivity index (χ1v) is 11.0. The lowest BCUT2D eigenvalue weighted by atomic mass is 10.1. The van der Waals surface area contributed by atoms with Crippen molar-refractivity contribution in [3.05, 3.63) is 35.9 Å². The molecule has 0 aromatic heterocycles. The third kappa shape index (κ3) is 6.90. The molecular weight excluding hydrogens is 382 g/mol. The molecule has 0 bridgehead atoms. The molecule has 0 aliphatic carbocycles. The molecule has 7 heteroatoms. The highest BCUT2D eigenvalue weighted by atomic mass is 16.6. The van der Waals surface area contributed by atoms with Crippen LogP contribution in [0.1, 0.15) is 52.0 Å². The summed E-state index contributed by atoms with van der Waals surface area (Å²) in [5.41, 5.74) is 0.515. The van der Waals surface area contributed by atoms with Crippen molar-refractivity contribution in [2.45, 2.75) is 70.7 Å². The Morgan fingerprint density at radius 2 is 1.83 bits per heavy atom. The van der Waals surface area contributed by atoms with Gasteiger partial charge in [0, 0.05) is 38.3 Å². The number of carbonyl (C=O) groups excluding carboxylic acids is 2. The van der Waals surface area contributed by atoms with Gasteiger partial charge in [0.25, 0.3) is 0 Å². The Morgan fingerprint density at radius 3 is 2.57 bits per heavy atom. The highest BCUT2D eigenvalue weighted by Crippen LogP contribution is 2.22. The lowest BCUT2D eigenvalue weighted by Crippen LogP contribution is -2.42. The zero-order valence-electron chi connectivity index (χ0n) is 18.4. The van der Waals surface area contributed by atoms with Crippen LogP contribution in [0.25, 0.3) is 0 Å². The summed E-state index contributed by atoms with van der Waals surface area (Å²) < 4.78 is 10.9. The van der Waals surface area contributed by atoms with Crippen molar-refractivity contribution in [2.24, 2.45) is 0 Å². The fourth-order valence-electron chi connectivity index (χ4n) is 4.15. The monoisotopic (exact) mass is 417 g/mol. The molecule has 1 N–H and O–H groups in total. The lowest BCUT2D eigenvalue weighted by Gasteiger charge is -2.27. The van der Waals surface area contributed by atoms with Gasteiger partial charge in [-0.25, -0.2) is 9.59 Å². The molecule has 2 saturated heterocycles. The minimum Gasteiger partial charge on any atom is -0.445 e. The van der Waals surface area contributed by atoms with Crippen LogP contribution in [0.3, 0.4) is 0 Å². The van der Waals surface area contributed by atoms with Gasteiger partial charge in [-0.1, -0.05) is 30.3 Å². The average Bonchev–Trinajstić information content (AvgIpc) is 3.00. The van der Waals surface area contributed by atoms with E-state index in [0.717, 1.165) is 50.9 Å². The number of nitrogens with zero attached hydrogens (tertiary/aromatic N) is 2. The summed E-state index contributed by atoms with van der Waals surface area (Å²) in [7, 11) is 0. The number of hydrogen-bond donors (Lipinski definition) is 1. The van der Waals surface area contributed by atoms with Gasteiger partial charge in [0.2, 0.25) is 0 Å². The number of alkyl carbamates (subject to hydrolysis) is 1. The summed E-state index contributed by atoms with van der Waals surface area (Å²) in [5.74, 6) is 0. The van der Waals surface area contributed by atoms with Gasteiger partial charge >= 0.3 is 12.2 Å². The van der Waals surface area contributed by atoms with Crippen LogP contribution in [-0.4, -0.2) is 65.9 Å². The second-order valence-electron chi connectivity index (χ2n) is 9.24. The van der Waals surface area contributed by atoms with Gasteiger partial charge in [0.05, 0.1) is 0 Å². The van der Waals surface area contributed by atoms with E-state index < -0.39 is 5.60 Å². The van der Waals surface area contributed by atoms with E-state index in [-0.39, 0.29) is 18.2 Å². The Morgan fingerprint density at radius 1 is 1.07 bits per heavy atom. The van der Waals surface area contributed by atoms with Crippen molar-refractivity contribution in [3.63, 3.8) is 0 Å². The summed E-state index contributed by atoms with van der Waals surface area (Å²) in [6.45, 7) is 9.16. The van der Waals surface area contributed by atoms with E-state index in [1.165, 1.54) is 0 Å². The van der Waals surface area contributed by atoms with Crippen LogP contribution in [-0.2, 0) is 16.1 Å². The molecule has 0 unspecified atom stereocenters. The number of nitrogens with one attached hydrogen (secondary N) is 1. The number of benzene rings is 1. The fraction of sp³-hybridized carbons (Fsp3) is 0.652. The Labute approximate surface area is 179 Å². The highest BCUT2D eigenvalue weighted by molar-refractivity contribution is 5.68. The summed E-state index contributed by atoms with van der Waals surface area (Å²) >= 11 is 0. The predicted octanol–water partition coefficient (Wildman–Crippen LogP) is 3.78. The van der Waals surface area contributed by atoms with E-state index in [9.17, 15) is 9.59 Å². The maximum atomic E-state index is 12.5. The maximum Gasteiger partial charge on any atom is 0.410 e. The second-order valence-corrected chi connectivity index (χ2v) is 9.24. The molecule has 2 aliphatic heterocycles. The molecule has 166 valence electrons. The minimum absolute atomic E-state index is 0.120. The first-order chi connectivity index (χ1) is 14.3. The van der Waals surface area contributed by atoms with E-state index in [1.54, 1.807) is 0 Å². The predicted molar refractivity (Wildman–Crippen MR) is 115 cm³/mol. The third-order valence-electron chi connectivity index (χ3n) is 5.62. The van der Waals surface area contributed by atoms with Crippen molar-refractivity contribution in [1.82, 2.24) is 15.1 Å². The van der Waals surface area contributed by atoms with Gasteiger partial charge < -0.3 is 19.7 Å². The van der Waals surface area contributed by atoms with Gasteiger partial charge in [0.1, 0.15) is 12.2 Å². The van der Waals surface area contributed by atoms with E-state index >= 15 is 0 Å². The normalized spacial score (nSPS) is 23.0. The van der Waals surface area contributed by atoms with E-state index in [2.05, 4.69) is 10.2 Å². The molecule has 0 radical (unpaired) electrons. The van der Waals surface area contributed by atoms with Crippen molar-refractivity contribution in [2.75, 3.05) is 26.2 Å². The van der Waals surface area contributed by atoms with Crippen LogP contribution in [0, 0.1) is 0 Å². The summed E-state index contributed by atoms with van der Waals surface area (Å²) in [5, 5.41) is 2.99. The Kier molecular flexibility index (Phi) is 7.58. The quantitative estimate of drug-likeness (QED) is 0.807. The molecule has 2 aliphatic rings. The largest absolute Gasteiger partial charge is 0.445 e. The van der Waals surface area contributed by atoms with Gasteiger partial charge in [-0.2, -0.15) is 0 Å². The number of likely N-dealkylation sites (tertiary alicyclic amines) is 2. The Bertz CT molecular complexity index is 704. The van der Waals surface area contributed by atoms with E-state index in [1.807, 2.05) is 56.0 Å². The molecule has 1 aromatic rings. The molecule has 0 spiro atoms. The average molecular weight is 418 g/mol. The van der Waals surface area contributed by atoms with Gasteiger partial charge in [0.15, 0.2) is 0 Å². The number of ether oxygens (including phenoxy) is 2. The topological polar surface area (TPSA) is 71.1 Å². The number of rotatable bonds is 4. The number of carbonyl (C=O) groups is 2. The molecule has 1 aromatic carbocycles. The van der Waals surface area contributed by atoms with Gasteiger partial charge in [-0.3, -0.25) is 4.90 Å². The molecular formula is C23H35N3O4. The summed E-state index contributed by atoms with van der Waals surface area (Å²) in [4.78, 5) is 28.8. The molecule has 30 heavy (non-hydrogen) atoms. The van der Waals surface area contributed by atoms with Crippen molar-refractivity contribution in [3.8, 4) is 0 Å². The smallest absolute Gasteiger partial charge is 0.410 e. The van der Waals surface area contributed by atoms with Gasteiger partial charge in [-0.15, -0.1) is 0 Å². The van der Waals surface area contributed by atoms with E-state index in [0.29, 0.717) is 19.2 Å². The van der Waals surface area contributed by atoms with Crippen LogP contribution >= 0.6 is 0 Å². The van der Waals surface area contributed by atoms with Crippen LogP contribution in [0.2, 0.25) is 0 Å². The standard InChI is InChI=1S/C23H35N3O4/c1-23(2,3)30-21(27)24-19-11-14-26(16-19)20-10-7-13-25(15-12-20)22(28)29-17-18-8-5-4-6-9-18/h4-6,8-9,19-20H,7,10-17H2,1-3H3,(H,24,27)/t19-,20-/m1/s1. The number of amides is 2. The first kappa shape index (κ1) is 22.4. The molecule has 2 fully saturated rings. The van der Waals surface area contributed by atoms with Crippen molar-refractivity contribution < 1.29 is 19.1 Å². The Hall–Kier alpha value is -2.28. The first-order valence-electron chi connectivity index (χ1n) is 11.0.